The number of hydrogen-bond acceptors (Lipinski definition) is 5. The average Bonchev–Trinajstić information content (AvgIpc) is 3.48. The van der Waals surface area contributed by atoms with Gasteiger partial charge in [0.1, 0.15) is 0 Å². The number of aromatic nitrogens is 4. The van der Waals surface area contributed by atoms with Crippen molar-refractivity contribution >= 4 is 46.4 Å². The second-order valence-electron chi connectivity index (χ2n) is 7.86. The molecule has 2 aromatic heterocycles. The number of amides is 1. The molecule has 0 aliphatic carbocycles. The van der Waals surface area contributed by atoms with Crippen LogP contribution in [-0.4, -0.2) is 37.6 Å². The highest BCUT2D eigenvalue weighted by atomic mass is 35.5. The first kappa shape index (κ1) is 22.9. The third-order valence-corrected chi connectivity index (χ3v) is 6.56. The van der Waals surface area contributed by atoms with E-state index < -0.39 is 0 Å². The molecule has 0 radical (unpaired) electrons. The van der Waals surface area contributed by atoms with Crippen molar-refractivity contribution in [3.63, 3.8) is 0 Å². The van der Waals surface area contributed by atoms with Gasteiger partial charge in [0.25, 0.3) is 5.91 Å². The van der Waals surface area contributed by atoms with E-state index in [2.05, 4.69) is 25.7 Å². The summed E-state index contributed by atoms with van der Waals surface area (Å²) in [7, 11) is 0. The fourth-order valence-electron chi connectivity index (χ4n) is 3.61. The Balaban J connectivity index is 1.32. The van der Waals surface area contributed by atoms with Gasteiger partial charge in [0.05, 0.1) is 12.0 Å². The highest BCUT2D eigenvalue weighted by molar-refractivity contribution is 7.99. The number of halogens is 1. The molecule has 3 aromatic carbocycles. The van der Waals surface area contributed by atoms with E-state index in [0.717, 1.165) is 33.3 Å². The Morgan fingerprint density at radius 2 is 1.86 bits per heavy atom. The van der Waals surface area contributed by atoms with Crippen molar-refractivity contribution in [1.29, 1.82) is 0 Å². The lowest BCUT2D eigenvalue weighted by Gasteiger charge is -2.10. The first-order valence-corrected chi connectivity index (χ1v) is 12.2. The molecule has 174 valence electrons. The minimum atomic E-state index is -0.242. The van der Waals surface area contributed by atoms with E-state index in [9.17, 15) is 4.79 Å². The Hall–Kier alpha value is -3.88. The minimum Gasteiger partial charge on any atom is -0.361 e. The van der Waals surface area contributed by atoms with Crippen LogP contribution in [0.2, 0.25) is 5.02 Å². The second kappa shape index (κ2) is 10.2. The highest BCUT2D eigenvalue weighted by Gasteiger charge is 2.17. The number of carbonyl (C=O) groups excluding carboxylic acids is 1. The molecule has 0 atom stereocenters. The van der Waals surface area contributed by atoms with Crippen molar-refractivity contribution in [2.75, 3.05) is 5.75 Å². The lowest BCUT2D eigenvalue weighted by molar-refractivity contribution is -0.118. The molecule has 2 heterocycles. The lowest BCUT2D eigenvalue weighted by Crippen LogP contribution is -2.20. The van der Waals surface area contributed by atoms with Gasteiger partial charge in [0.15, 0.2) is 11.0 Å². The number of rotatable bonds is 7. The molecule has 35 heavy (non-hydrogen) atoms. The largest absolute Gasteiger partial charge is 0.361 e. The number of fused-ring (bicyclic) bond motifs is 1. The van der Waals surface area contributed by atoms with E-state index >= 15 is 0 Å². The summed E-state index contributed by atoms with van der Waals surface area (Å²) in [5.74, 6) is 0.575. The maximum Gasteiger partial charge on any atom is 0.250 e. The summed E-state index contributed by atoms with van der Waals surface area (Å²) in [6.07, 6.45) is 3.49. The van der Waals surface area contributed by atoms with Crippen LogP contribution in [0.4, 0.5) is 0 Å². The number of H-pyrrole nitrogens is 1. The van der Waals surface area contributed by atoms with E-state index in [1.807, 2.05) is 90.5 Å². The fourth-order valence-corrected chi connectivity index (χ4v) is 4.48. The monoisotopic (exact) mass is 500 g/mol. The van der Waals surface area contributed by atoms with E-state index in [-0.39, 0.29) is 11.7 Å². The summed E-state index contributed by atoms with van der Waals surface area (Å²) < 4.78 is 1.92. The number of aryl methyl sites for hydroxylation is 1. The molecule has 5 aromatic rings. The number of hydrazone groups is 1. The van der Waals surface area contributed by atoms with Crippen LogP contribution in [-0.2, 0) is 4.79 Å². The summed E-state index contributed by atoms with van der Waals surface area (Å²) in [5, 5.41) is 15.2. The molecule has 1 amide bonds. The molecular weight excluding hydrogens is 480 g/mol. The van der Waals surface area contributed by atoms with E-state index in [4.69, 9.17) is 11.6 Å². The van der Waals surface area contributed by atoms with Crippen LogP contribution in [0.1, 0.15) is 11.1 Å². The van der Waals surface area contributed by atoms with Gasteiger partial charge < -0.3 is 4.98 Å². The molecule has 0 saturated carbocycles. The molecule has 7 nitrogen and oxygen atoms in total. The number of carbonyl (C=O) groups is 1. The van der Waals surface area contributed by atoms with Gasteiger partial charge in [-0.2, -0.15) is 5.10 Å². The number of nitrogens with one attached hydrogen (secondary N) is 2. The fraction of sp³-hybridized carbons (Fsp3) is 0.0769. The number of aromatic amines is 1. The van der Waals surface area contributed by atoms with Crippen molar-refractivity contribution in [2.45, 2.75) is 12.1 Å². The van der Waals surface area contributed by atoms with Gasteiger partial charge in [-0.15, -0.1) is 10.2 Å². The van der Waals surface area contributed by atoms with E-state index in [1.54, 1.807) is 6.21 Å². The van der Waals surface area contributed by atoms with Gasteiger partial charge in [0, 0.05) is 38.9 Å². The molecule has 9 heteroatoms. The maximum atomic E-state index is 12.5. The summed E-state index contributed by atoms with van der Waals surface area (Å²) in [6.45, 7) is 2.04. The quantitative estimate of drug-likeness (QED) is 0.172. The van der Waals surface area contributed by atoms with Gasteiger partial charge in [-0.3, -0.25) is 9.36 Å². The number of benzene rings is 3. The molecule has 2 N–H and O–H groups in total. The topological polar surface area (TPSA) is 88.0 Å². The summed E-state index contributed by atoms with van der Waals surface area (Å²) >= 11 is 7.38. The lowest BCUT2D eigenvalue weighted by atomic mass is 10.1. The van der Waals surface area contributed by atoms with Crippen LogP contribution in [0.15, 0.2) is 89.3 Å². The normalized spacial score (nSPS) is 11.4. The van der Waals surface area contributed by atoms with Gasteiger partial charge >= 0.3 is 0 Å². The van der Waals surface area contributed by atoms with Gasteiger partial charge in [-0.1, -0.05) is 71.4 Å². The van der Waals surface area contributed by atoms with E-state index in [1.165, 1.54) is 11.8 Å². The first-order chi connectivity index (χ1) is 17.1. The highest BCUT2D eigenvalue weighted by Crippen LogP contribution is 2.28. The van der Waals surface area contributed by atoms with Gasteiger partial charge in [0.2, 0.25) is 0 Å². The number of nitrogens with zero attached hydrogens (tertiary/aromatic N) is 4. The molecule has 0 fully saturated rings. The maximum absolute atomic E-state index is 12.5. The van der Waals surface area contributed by atoms with Crippen LogP contribution < -0.4 is 5.43 Å². The Kier molecular flexibility index (Phi) is 6.65. The Morgan fingerprint density at radius 1 is 1.09 bits per heavy atom. The van der Waals surface area contributed by atoms with Crippen LogP contribution in [0.25, 0.3) is 28.0 Å². The average molecular weight is 501 g/mol. The first-order valence-electron chi connectivity index (χ1n) is 10.9. The smallest absolute Gasteiger partial charge is 0.250 e. The van der Waals surface area contributed by atoms with Crippen molar-refractivity contribution in [1.82, 2.24) is 25.2 Å². The molecule has 5 rings (SSSR count). The van der Waals surface area contributed by atoms with Crippen LogP contribution in [0.5, 0.6) is 0 Å². The molecule has 0 saturated heterocycles. The summed E-state index contributed by atoms with van der Waals surface area (Å²) in [6, 6.07) is 23.4. The predicted molar refractivity (Wildman–Crippen MR) is 141 cm³/mol. The zero-order chi connectivity index (χ0) is 24.2. The molecule has 0 spiro atoms. The Labute approximate surface area is 211 Å². The number of hydrogen-bond donors (Lipinski definition) is 2. The molecule has 0 aliphatic heterocycles. The minimum absolute atomic E-state index is 0.130. The SMILES string of the molecule is Cc1ccc(-c2nnc(SCC(=O)N/N=C\c3c[nH]c4ccccc34)n2-c2ccc(Cl)cc2)cc1. The summed E-state index contributed by atoms with van der Waals surface area (Å²) in [5.41, 5.74) is 7.45. The van der Waals surface area contributed by atoms with Crippen molar-refractivity contribution in [2.24, 2.45) is 5.10 Å². The number of para-hydroxylation sites is 1. The summed E-state index contributed by atoms with van der Waals surface area (Å²) in [4.78, 5) is 15.7. The zero-order valence-corrected chi connectivity index (χ0v) is 20.3. The van der Waals surface area contributed by atoms with Crippen molar-refractivity contribution < 1.29 is 4.79 Å². The zero-order valence-electron chi connectivity index (χ0n) is 18.8. The Morgan fingerprint density at radius 3 is 2.66 bits per heavy atom. The number of thioether (sulfide) groups is 1. The predicted octanol–water partition coefficient (Wildman–Crippen LogP) is 5.62. The standard InChI is InChI=1S/C26H21ClN6OS/c1-17-6-8-18(9-7-17)25-31-32-26(33(25)21-12-10-20(27)11-13-21)35-16-24(34)30-29-15-19-14-28-23-5-3-2-4-22(19)23/h2-15,28H,16H2,1H3,(H,30,34)/b29-15-. The van der Waals surface area contributed by atoms with Crippen LogP contribution >= 0.6 is 23.4 Å². The second-order valence-corrected chi connectivity index (χ2v) is 9.23. The van der Waals surface area contributed by atoms with E-state index in [0.29, 0.717) is 16.0 Å². The van der Waals surface area contributed by atoms with Crippen molar-refractivity contribution in [3.8, 4) is 17.1 Å². The van der Waals surface area contributed by atoms with Gasteiger partial charge in [-0.05, 0) is 37.3 Å². The van der Waals surface area contributed by atoms with Gasteiger partial charge in [-0.25, -0.2) is 5.43 Å². The molecule has 0 bridgehead atoms. The molecule has 0 unspecified atom stereocenters. The third kappa shape index (κ3) is 5.13. The Bertz CT molecular complexity index is 1510. The van der Waals surface area contributed by atoms with Crippen molar-refractivity contribution in [3.05, 3.63) is 95.1 Å². The third-order valence-electron chi connectivity index (χ3n) is 5.37. The van der Waals surface area contributed by atoms with Crippen LogP contribution in [0.3, 0.4) is 0 Å². The molecular formula is C26H21ClN6OS. The molecule has 0 aliphatic rings. The van der Waals surface area contributed by atoms with Crippen LogP contribution in [0, 0.1) is 6.92 Å².